The molecule has 0 heterocycles. The number of aliphatic carboxylic acids is 1. The van der Waals surface area contributed by atoms with Crippen LogP contribution in [0.25, 0.3) is 0 Å². The van der Waals surface area contributed by atoms with Gasteiger partial charge in [0.15, 0.2) is 0 Å². The smallest absolute Gasteiger partial charge is 0.335 e. The van der Waals surface area contributed by atoms with Crippen molar-refractivity contribution in [1.29, 1.82) is 0 Å². The summed E-state index contributed by atoms with van der Waals surface area (Å²) in [5, 5.41) is 47.9. The molecule has 0 radical (unpaired) electrons. The number of phenolic OH excluding ortho intramolecular Hbond substituents is 1. The van der Waals surface area contributed by atoms with Gasteiger partial charge in [-0.1, -0.05) is 6.92 Å². The lowest BCUT2D eigenvalue weighted by atomic mass is 9.94. The maximum atomic E-state index is 10.7. The minimum Gasteiger partial charge on any atom is -0.512 e. The Balaban J connectivity index is 3.06. The first-order valence-corrected chi connectivity index (χ1v) is 6.44. The predicted molar refractivity (Wildman–Crippen MR) is 80.3 cm³/mol. The van der Waals surface area contributed by atoms with Crippen LogP contribution in [0, 0.1) is 5.92 Å². The van der Waals surface area contributed by atoms with E-state index in [-0.39, 0.29) is 22.6 Å². The van der Waals surface area contributed by atoms with Crippen molar-refractivity contribution in [3.05, 3.63) is 46.9 Å². The quantitative estimate of drug-likeness (QED) is 0.211. The highest BCUT2D eigenvalue weighted by Crippen LogP contribution is 2.30. The van der Waals surface area contributed by atoms with E-state index in [0.717, 1.165) is 6.08 Å². The van der Waals surface area contributed by atoms with Gasteiger partial charge >= 0.3 is 5.97 Å². The van der Waals surface area contributed by atoms with Crippen LogP contribution in [0.4, 0.5) is 5.69 Å². The summed E-state index contributed by atoms with van der Waals surface area (Å²) in [5.41, 5.74) is 5.75. The van der Waals surface area contributed by atoms with Gasteiger partial charge in [0.05, 0.1) is 11.7 Å². The van der Waals surface area contributed by atoms with Crippen molar-refractivity contribution < 1.29 is 30.3 Å². The Kier molecular flexibility index (Phi) is 5.42. The molecule has 0 saturated heterocycles. The first-order valence-electron chi connectivity index (χ1n) is 6.44. The molecule has 0 saturated carbocycles. The molecule has 7 N–H and O–H groups in total. The average Bonchev–Trinajstić information content (AvgIpc) is 2.43. The molecule has 0 aliphatic rings. The lowest BCUT2D eigenvalue weighted by molar-refractivity contribution is -0.132. The zero-order valence-corrected chi connectivity index (χ0v) is 12.2. The van der Waals surface area contributed by atoms with Crippen LogP contribution in [0.3, 0.4) is 0 Å². The zero-order valence-electron chi connectivity index (χ0n) is 12.2. The van der Waals surface area contributed by atoms with E-state index in [9.17, 15) is 25.2 Å². The topological polar surface area (TPSA) is 144 Å². The van der Waals surface area contributed by atoms with Crippen molar-refractivity contribution in [2.24, 2.45) is 5.92 Å². The molecule has 7 heteroatoms. The van der Waals surface area contributed by atoms with E-state index in [1.165, 1.54) is 32.0 Å². The van der Waals surface area contributed by atoms with Crippen molar-refractivity contribution >= 4 is 11.7 Å². The molecule has 1 rings (SSSR count). The number of aliphatic hydroxyl groups is 3. The van der Waals surface area contributed by atoms with Gasteiger partial charge in [0.1, 0.15) is 17.3 Å². The summed E-state index contributed by atoms with van der Waals surface area (Å²) < 4.78 is 0. The summed E-state index contributed by atoms with van der Waals surface area (Å²) in [4.78, 5) is 10.7. The van der Waals surface area contributed by atoms with Gasteiger partial charge in [-0.2, -0.15) is 0 Å². The Labute approximate surface area is 127 Å². The van der Waals surface area contributed by atoms with Crippen LogP contribution >= 0.6 is 0 Å². The number of rotatable bonds is 5. The van der Waals surface area contributed by atoms with Crippen LogP contribution in [-0.2, 0) is 4.79 Å². The van der Waals surface area contributed by atoms with E-state index in [0.29, 0.717) is 0 Å². The molecule has 2 atom stereocenters. The van der Waals surface area contributed by atoms with Crippen molar-refractivity contribution in [2.75, 3.05) is 5.73 Å². The molecule has 22 heavy (non-hydrogen) atoms. The number of carboxylic acids is 1. The van der Waals surface area contributed by atoms with Gasteiger partial charge < -0.3 is 31.3 Å². The van der Waals surface area contributed by atoms with Gasteiger partial charge in [0.25, 0.3) is 0 Å². The molecule has 0 aliphatic heterocycles. The highest BCUT2D eigenvalue weighted by molar-refractivity contribution is 5.86. The van der Waals surface area contributed by atoms with Crippen molar-refractivity contribution in [1.82, 2.24) is 0 Å². The molecule has 0 aliphatic carbocycles. The summed E-state index contributed by atoms with van der Waals surface area (Å²) in [7, 11) is 0. The third-order valence-electron chi connectivity index (χ3n) is 3.23. The lowest BCUT2D eigenvalue weighted by Crippen LogP contribution is -2.12. The Hall–Kier alpha value is -2.67. The number of aliphatic hydroxyl groups excluding tert-OH is 3. The lowest BCUT2D eigenvalue weighted by Gasteiger charge is -2.19. The fraction of sp³-hybridized carbons (Fsp3) is 0.267. The van der Waals surface area contributed by atoms with E-state index in [1.807, 2.05) is 0 Å². The molecule has 0 bridgehead atoms. The van der Waals surface area contributed by atoms with Crippen LogP contribution in [0.2, 0.25) is 0 Å². The number of phenols is 1. The number of hydrogen-bond donors (Lipinski definition) is 6. The number of carboxylic acid groups (broad SMARTS) is 1. The highest BCUT2D eigenvalue weighted by atomic mass is 16.4. The van der Waals surface area contributed by atoms with Gasteiger partial charge in [0, 0.05) is 23.7 Å². The van der Waals surface area contributed by atoms with Crippen LogP contribution in [0.1, 0.15) is 25.5 Å². The second kappa shape index (κ2) is 6.86. The molecule has 1 aromatic carbocycles. The molecule has 7 nitrogen and oxygen atoms in total. The molecule has 120 valence electrons. The van der Waals surface area contributed by atoms with Crippen LogP contribution in [0.5, 0.6) is 5.75 Å². The number of hydrogen-bond acceptors (Lipinski definition) is 6. The fourth-order valence-corrected chi connectivity index (χ4v) is 1.77. The minimum absolute atomic E-state index is 0.130. The Morgan fingerprint density at radius 1 is 1.23 bits per heavy atom. The predicted octanol–water partition coefficient (Wildman–Crippen LogP) is 2.00. The van der Waals surface area contributed by atoms with Crippen molar-refractivity contribution in [2.45, 2.75) is 20.0 Å². The van der Waals surface area contributed by atoms with E-state index in [1.54, 1.807) is 0 Å². The van der Waals surface area contributed by atoms with Crippen LogP contribution in [0.15, 0.2) is 41.4 Å². The molecule has 0 spiro atoms. The summed E-state index contributed by atoms with van der Waals surface area (Å²) in [6.07, 6.45) is -0.340. The maximum Gasteiger partial charge on any atom is 0.335 e. The fourth-order valence-electron chi connectivity index (χ4n) is 1.77. The molecule has 0 aromatic heterocycles. The van der Waals surface area contributed by atoms with E-state index < -0.39 is 29.5 Å². The molecular weight excluding hydrogens is 290 g/mol. The van der Waals surface area contributed by atoms with Gasteiger partial charge in [0.2, 0.25) is 0 Å². The summed E-state index contributed by atoms with van der Waals surface area (Å²) in [6.45, 7) is 2.65. The maximum absolute atomic E-state index is 10.7. The SMILES string of the molecule is C/C(C(=O)O)=C(O)\C=C(/O)C(C)C(O)c1cc(N)cc(O)c1. The van der Waals surface area contributed by atoms with E-state index in [4.69, 9.17) is 10.8 Å². The zero-order chi connectivity index (χ0) is 17.0. The number of benzene rings is 1. The van der Waals surface area contributed by atoms with Crippen molar-refractivity contribution in [3.8, 4) is 5.75 Å². The number of nitrogen functional groups attached to an aromatic ring is 1. The number of anilines is 1. The number of allylic oxidation sites excluding steroid dienone is 1. The highest BCUT2D eigenvalue weighted by Gasteiger charge is 2.22. The van der Waals surface area contributed by atoms with Gasteiger partial charge in [-0.25, -0.2) is 4.79 Å². The second-order valence-electron chi connectivity index (χ2n) is 4.98. The second-order valence-corrected chi connectivity index (χ2v) is 4.98. The molecular formula is C15H19NO6. The van der Waals surface area contributed by atoms with Gasteiger partial charge in [-0.15, -0.1) is 0 Å². The summed E-state index contributed by atoms with van der Waals surface area (Å²) >= 11 is 0. The average molecular weight is 309 g/mol. The first kappa shape index (κ1) is 17.4. The largest absolute Gasteiger partial charge is 0.512 e. The molecule has 0 fully saturated rings. The molecule has 0 amide bonds. The van der Waals surface area contributed by atoms with Gasteiger partial charge in [-0.3, -0.25) is 0 Å². The monoisotopic (exact) mass is 309 g/mol. The third kappa shape index (κ3) is 4.16. The Morgan fingerprint density at radius 2 is 1.82 bits per heavy atom. The Morgan fingerprint density at radius 3 is 2.32 bits per heavy atom. The standard InChI is InChI=1S/C15H19NO6/c1-7(12(18)6-13(19)8(2)15(21)22)14(20)9-3-10(16)5-11(17)4-9/h3-7,14,17-20H,16H2,1-2H3,(H,21,22)/b12-6-,13-8-. The summed E-state index contributed by atoms with van der Waals surface area (Å²) in [6, 6.07) is 4.04. The van der Waals surface area contributed by atoms with E-state index in [2.05, 4.69) is 0 Å². The summed E-state index contributed by atoms with van der Waals surface area (Å²) in [5.74, 6) is -3.33. The first-order chi connectivity index (χ1) is 10.1. The minimum atomic E-state index is -1.32. The number of nitrogens with two attached hydrogens (primary N) is 1. The van der Waals surface area contributed by atoms with Gasteiger partial charge in [-0.05, 0) is 24.6 Å². The van der Waals surface area contributed by atoms with Crippen LogP contribution < -0.4 is 5.73 Å². The number of carbonyl (C=O) groups is 1. The normalized spacial score (nSPS) is 15.9. The Bertz CT molecular complexity index is 615. The molecule has 1 aromatic rings. The van der Waals surface area contributed by atoms with Crippen LogP contribution in [-0.4, -0.2) is 31.5 Å². The van der Waals surface area contributed by atoms with Crippen molar-refractivity contribution in [3.63, 3.8) is 0 Å². The number of aromatic hydroxyl groups is 1. The van der Waals surface area contributed by atoms with E-state index >= 15 is 0 Å². The molecule has 2 unspecified atom stereocenters. The third-order valence-corrected chi connectivity index (χ3v) is 3.23.